The maximum absolute atomic E-state index is 14.2. The van der Waals surface area contributed by atoms with Crippen LogP contribution in [0.25, 0.3) is 44.3 Å². The standard InChI is InChI=1S/C36H32F2N4O5S.H2O/c1-20-40-29-14-9-23(17-27(29)36(45)42(20)30(15-16-43)21-5-10-24(37)11-6-21)26-18-28-32(19-31(26)41(3)48(4)46)47-34(33(28)35(44)39-2)22-7-12-25(38)13-8-22;/h5-14,17-19,30,43H,15-16H2,1-4H3,(H,39,44);1H2/t30-,48?;/m1./s1. The molecule has 0 saturated heterocycles. The van der Waals surface area contributed by atoms with E-state index in [1.165, 1.54) is 54.3 Å². The first kappa shape index (κ1) is 35.1. The monoisotopic (exact) mass is 688 g/mol. The highest BCUT2D eigenvalue weighted by Crippen LogP contribution is 2.41. The number of nitrogens with one attached hydrogen (secondary N) is 1. The first-order valence-electron chi connectivity index (χ1n) is 15.1. The summed E-state index contributed by atoms with van der Waals surface area (Å²) in [5.41, 5.74) is 3.46. The quantitative estimate of drug-likeness (QED) is 0.211. The Morgan fingerprint density at radius 1 is 1.00 bits per heavy atom. The fourth-order valence-corrected chi connectivity index (χ4v) is 6.44. The SMILES string of the molecule is CNC(=O)c1c(-c2ccc(F)cc2)oc2cc(N(C)S(C)=O)c(-c3ccc4nc(C)n([C@H](CCO)c5ccc(F)cc5)c(=O)c4c3)cc12.O. The van der Waals surface area contributed by atoms with E-state index >= 15 is 0 Å². The minimum atomic E-state index is -1.46. The van der Waals surface area contributed by atoms with E-state index < -0.39 is 34.6 Å². The fraction of sp³-hybridized carbons (Fsp3) is 0.194. The highest BCUT2D eigenvalue weighted by atomic mass is 32.2. The van der Waals surface area contributed by atoms with Crippen LogP contribution in [-0.4, -0.2) is 57.2 Å². The molecular weight excluding hydrogens is 654 g/mol. The maximum Gasteiger partial charge on any atom is 0.261 e. The lowest BCUT2D eigenvalue weighted by atomic mass is 9.97. The van der Waals surface area contributed by atoms with Crippen molar-refractivity contribution in [3.8, 4) is 22.5 Å². The number of anilines is 1. The molecule has 254 valence electrons. The van der Waals surface area contributed by atoms with Crippen LogP contribution >= 0.6 is 0 Å². The molecule has 4 N–H and O–H groups in total. The topological polar surface area (TPSA) is 149 Å². The van der Waals surface area contributed by atoms with Gasteiger partial charge in [-0.05, 0) is 79.1 Å². The molecule has 0 bridgehead atoms. The van der Waals surface area contributed by atoms with Crippen LogP contribution in [0.4, 0.5) is 14.5 Å². The Morgan fingerprint density at radius 2 is 1.63 bits per heavy atom. The molecule has 10 nitrogen and oxygen atoms in total. The lowest BCUT2D eigenvalue weighted by Gasteiger charge is -2.23. The van der Waals surface area contributed by atoms with Crippen LogP contribution in [0.5, 0.6) is 0 Å². The van der Waals surface area contributed by atoms with Crippen molar-refractivity contribution in [2.24, 2.45) is 0 Å². The summed E-state index contributed by atoms with van der Waals surface area (Å²) in [5, 5.41) is 13.3. The minimum absolute atomic E-state index is 0. The summed E-state index contributed by atoms with van der Waals surface area (Å²) in [6.45, 7) is 1.49. The second-order valence-electron chi connectivity index (χ2n) is 11.3. The summed E-state index contributed by atoms with van der Waals surface area (Å²) in [5.74, 6) is -0.610. The van der Waals surface area contributed by atoms with Gasteiger partial charge in [0.15, 0.2) is 0 Å². The molecule has 0 saturated carbocycles. The van der Waals surface area contributed by atoms with Crippen molar-refractivity contribution in [2.45, 2.75) is 19.4 Å². The van der Waals surface area contributed by atoms with Crippen molar-refractivity contribution in [1.29, 1.82) is 0 Å². The van der Waals surface area contributed by atoms with Gasteiger partial charge in [-0.1, -0.05) is 18.2 Å². The zero-order valence-corrected chi connectivity index (χ0v) is 27.9. The molecule has 13 heteroatoms. The molecule has 0 spiro atoms. The lowest BCUT2D eigenvalue weighted by Crippen LogP contribution is -2.29. The van der Waals surface area contributed by atoms with Crippen LogP contribution in [0, 0.1) is 18.6 Å². The number of aromatic nitrogens is 2. The van der Waals surface area contributed by atoms with Crippen LogP contribution < -0.4 is 15.2 Å². The van der Waals surface area contributed by atoms with Crippen LogP contribution in [0.2, 0.25) is 0 Å². The molecule has 0 aliphatic carbocycles. The van der Waals surface area contributed by atoms with E-state index in [4.69, 9.17) is 9.40 Å². The van der Waals surface area contributed by atoms with Gasteiger partial charge in [0.2, 0.25) is 0 Å². The third-order valence-corrected chi connectivity index (χ3v) is 9.42. The number of hydrogen-bond donors (Lipinski definition) is 2. The normalized spacial score (nSPS) is 12.5. The van der Waals surface area contributed by atoms with Crippen LogP contribution in [0.15, 0.2) is 88.1 Å². The second kappa shape index (κ2) is 14.1. The van der Waals surface area contributed by atoms with Crippen LogP contribution in [-0.2, 0) is 11.0 Å². The smallest absolute Gasteiger partial charge is 0.261 e. The first-order valence-corrected chi connectivity index (χ1v) is 16.6. The van der Waals surface area contributed by atoms with Gasteiger partial charge in [0.05, 0.1) is 28.2 Å². The van der Waals surface area contributed by atoms with Gasteiger partial charge in [0.25, 0.3) is 11.5 Å². The number of nitrogens with zero attached hydrogens (tertiary/aromatic N) is 3. The first-order chi connectivity index (χ1) is 23.0. The van der Waals surface area contributed by atoms with Crippen molar-refractivity contribution < 1.29 is 32.8 Å². The fourth-order valence-electron chi connectivity index (χ4n) is 6.01. The molecule has 49 heavy (non-hydrogen) atoms. The molecule has 2 aromatic heterocycles. The van der Waals surface area contributed by atoms with Gasteiger partial charge in [0, 0.05) is 49.5 Å². The van der Waals surface area contributed by atoms with E-state index in [0.29, 0.717) is 55.6 Å². The Labute approximate surface area is 282 Å². The van der Waals surface area contributed by atoms with Gasteiger partial charge in [0.1, 0.15) is 39.8 Å². The van der Waals surface area contributed by atoms with E-state index in [9.17, 15) is 27.7 Å². The largest absolute Gasteiger partial charge is 0.455 e. The predicted octanol–water partition coefficient (Wildman–Crippen LogP) is 5.30. The third kappa shape index (κ3) is 6.47. The van der Waals surface area contributed by atoms with Crippen LogP contribution in [0.3, 0.4) is 0 Å². The summed E-state index contributed by atoms with van der Waals surface area (Å²) in [4.78, 5) is 32.2. The van der Waals surface area contributed by atoms with Gasteiger partial charge in [-0.2, -0.15) is 0 Å². The number of benzene rings is 4. The van der Waals surface area contributed by atoms with E-state index in [-0.39, 0.29) is 35.4 Å². The van der Waals surface area contributed by atoms with Crippen LogP contribution in [0.1, 0.15) is 34.2 Å². The number of aryl methyl sites for hydroxylation is 1. The Hall–Kier alpha value is -5.24. The van der Waals surface area contributed by atoms with Crippen molar-refractivity contribution in [1.82, 2.24) is 14.9 Å². The summed E-state index contributed by atoms with van der Waals surface area (Å²) in [6.07, 6.45) is 1.73. The van der Waals surface area contributed by atoms with Gasteiger partial charge in [-0.15, -0.1) is 0 Å². The van der Waals surface area contributed by atoms with Crippen molar-refractivity contribution in [3.63, 3.8) is 0 Å². The predicted molar refractivity (Wildman–Crippen MR) is 187 cm³/mol. The number of fused-ring (bicyclic) bond motifs is 2. The highest BCUT2D eigenvalue weighted by molar-refractivity contribution is 7.85. The van der Waals surface area contributed by atoms with E-state index in [1.54, 1.807) is 60.7 Å². The third-order valence-electron chi connectivity index (χ3n) is 8.45. The zero-order valence-electron chi connectivity index (χ0n) is 27.1. The lowest BCUT2D eigenvalue weighted by molar-refractivity contribution is 0.0964. The summed E-state index contributed by atoms with van der Waals surface area (Å²) < 4.78 is 49.6. The Morgan fingerprint density at radius 3 is 2.24 bits per heavy atom. The van der Waals surface area contributed by atoms with Gasteiger partial charge >= 0.3 is 0 Å². The molecule has 1 amide bonds. The number of amides is 1. The molecule has 0 fully saturated rings. The molecule has 0 aliphatic heterocycles. The number of carbonyl (C=O) groups is 1. The molecular formula is C36H34F2N4O6S. The van der Waals surface area contributed by atoms with Gasteiger partial charge in [-0.3, -0.25) is 18.5 Å². The van der Waals surface area contributed by atoms with E-state index in [2.05, 4.69) is 5.32 Å². The molecule has 6 aromatic rings. The maximum atomic E-state index is 14.2. The number of carbonyl (C=O) groups excluding carboxylic acids is 1. The van der Waals surface area contributed by atoms with Crippen molar-refractivity contribution in [2.75, 3.05) is 31.3 Å². The molecule has 6 rings (SSSR count). The second-order valence-corrected chi connectivity index (χ2v) is 12.7. The van der Waals surface area contributed by atoms with Crippen molar-refractivity contribution >= 4 is 44.5 Å². The average Bonchev–Trinajstić information content (AvgIpc) is 3.45. The van der Waals surface area contributed by atoms with E-state index in [0.717, 1.165) is 0 Å². The number of hydrogen-bond acceptors (Lipinski definition) is 6. The molecule has 1 unspecified atom stereocenters. The molecule has 0 radical (unpaired) electrons. The summed E-state index contributed by atoms with van der Waals surface area (Å²) in [7, 11) is 1.69. The number of rotatable bonds is 9. The summed E-state index contributed by atoms with van der Waals surface area (Å²) in [6, 6.07) is 19.4. The van der Waals surface area contributed by atoms with Gasteiger partial charge in [-0.25, -0.2) is 18.0 Å². The van der Waals surface area contributed by atoms with Gasteiger partial charge < -0.3 is 20.3 Å². The minimum Gasteiger partial charge on any atom is -0.455 e. The Kier molecular flexibility index (Phi) is 10.1. The zero-order chi connectivity index (χ0) is 34.3. The number of aliphatic hydroxyl groups excluding tert-OH is 1. The molecule has 2 heterocycles. The summed E-state index contributed by atoms with van der Waals surface area (Å²) >= 11 is 0. The van der Waals surface area contributed by atoms with Crippen molar-refractivity contribution in [3.05, 3.63) is 118 Å². The highest BCUT2D eigenvalue weighted by Gasteiger charge is 2.26. The number of halogens is 2. The number of furan rings is 1. The molecule has 2 atom stereocenters. The molecule has 4 aromatic carbocycles. The average molecular weight is 689 g/mol. The van der Waals surface area contributed by atoms with E-state index in [1.807, 2.05) is 0 Å². The number of aliphatic hydroxyl groups is 1. The Balaban J connectivity index is 0.00000468. The molecule has 0 aliphatic rings. The Bertz CT molecular complexity index is 2270.